The van der Waals surface area contributed by atoms with Crippen LogP contribution in [0.4, 0.5) is 4.39 Å². The van der Waals surface area contributed by atoms with Crippen LogP contribution in [-0.2, 0) is 4.79 Å². The second kappa shape index (κ2) is 6.24. The highest BCUT2D eigenvalue weighted by Crippen LogP contribution is 2.25. The van der Waals surface area contributed by atoms with Gasteiger partial charge in [0.2, 0.25) is 0 Å². The molecule has 0 heterocycles. The Bertz CT molecular complexity index is 560. The molecule has 1 aliphatic carbocycles. The van der Waals surface area contributed by atoms with Gasteiger partial charge < -0.3 is 15.4 Å². The number of carbonyl (C=O) groups excluding carboxylic acids is 1. The molecular weight excluding hydrogens is 283 g/mol. The van der Waals surface area contributed by atoms with Gasteiger partial charge in [-0.15, -0.1) is 0 Å². The molecule has 20 heavy (non-hydrogen) atoms. The van der Waals surface area contributed by atoms with Crippen molar-refractivity contribution in [3.8, 4) is 5.75 Å². The maximum atomic E-state index is 13.2. The lowest BCUT2D eigenvalue weighted by Gasteiger charge is -2.31. The van der Waals surface area contributed by atoms with Gasteiger partial charge >= 0.3 is 0 Å². The summed E-state index contributed by atoms with van der Waals surface area (Å²) in [5, 5.41) is 5.94. The maximum absolute atomic E-state index is 13.2. The predicted octanol–water partition coefficient (Wildman–Crippen LogP) is 2.24. The monoisotopic (exact) mass is 298 g/mol. The summed E-state index contributed by atoms with van der Waals surface area (Å²) in [5.74, 6) is -0.558. The van der Waals surface area contributed by atoms with Crippen molar-refractivity contribution >= 4 is 17.5 Å². The Labute approximate surface area is 121 Å². The van der Waals surface area contributed by atoms with Gasteiger partial charge in [0, 0.05) is 24.2 Å². The first kappa shape index (κ1) is 14.8. The summed E-state index contributed by atoms with van der Waals surface area (Å²) in [7, 11) is 1.88. The van der Waals surface area contributed by atoms with Crippen LogP contribution >= 0.6 is 11.6 Å². The Kier molecular flexibility index (Phi) is 4.62. The summed E-state index contributed by atoms with van der Waals surface area (Å²) < 4.78 is 18.4. The zero-order valence-corrected chi connectivity index (χ0v) is 12.1. The minimum absolute atomic E-state index is 0.0233. The van der Waals surface area contributed by atoms with Crippen molar-refractivity contribution in [1.29, 1.82) is 0 Å². The zero-order chi connectivity index (χ0) is 14.7. The number of rotatable bonds is 5. The Morgan fingerprint density at radius 1 is 1.55 bits per heavy atom. The maximum Gasteiger partial charge on any atom is 0.262 e. The molecule has 0 bridgehead atoms. The second-order valence-corrected chi connectivity index (χ2v) is 5.03. The van der Waals surface area contributed by atoms with E-state index in [2.05, 4.69) is 10.6 Å². The summed E-state index contributed by atoms with van der Waals surface area (Å²) in [6, 6.07) is 4.39. The SMILES string of the molecule is CNC1CC(NC(=O)COc2ccc(Cl)c(F)c2)=C1C. The van der Waals surface area contributed by atoms with Crippen LogP contribution in [0.1, 0.15) is 13.3 Å². The highest BCUT2D eigenvalue weighted by molar-refractivity contribution is 6.30. The van der Waals surface area contributed by atoms with Crippen LogP contribution in [-0.4, -0.2) is 25.6 Å². The first-order valence-corrected chi connectivity index (χ1v) is 6.63. The van der Waals surface area contributed by atoms with Crippen LogP contribution in [0.2, 0.25) is 5.02 Å². The van der Waals surface area contributed by atoms with E-state index < -0.39 is 5.82 Å². The van der Waals surface area contributed by atoms with E-state index in [0.717, 1.165) is 23.8 Å². The van der Waals surface area contributed by atoms with Crippen LogP contribution in [0.25, 0.3) is 0 Å². The van der Waals surface area contributed by atoms with Crippen molar-refractivity contribution in [2.45, 2.75) is 19.4 Å². The number of halogens is 2. The van der Waals surface area contributed by atoms with Crippen LogP contribution < -0.4 is 15.4 Å². The fraction of sp³-hybridized carbons (Fsp3) is 0.357. The highest BCUT2D eigenvalue weighted by Gasteiger charge is 2.25. The first-order valence-electron chi connectivity index (χ1n) is 6.26. The van der Waals surface area contributed by atoms with Crippen molar-refractivity contribution < 1.29 is 13.9 Å². The number of nitrogens with one attached hydrogen (secondary N) is 2. The lowest BCUT2D eigenvalue weighted by Crippen LogP contribution is -2.42. The van der Waals surface area contributed by atoms with E-state index in [9.17, 15) is 9.18 Å². The quantitative estimate of drug-likeness (QED) is 0.876. The van der Waals surface area contributed by atoms with E-state index in [4.69, 9.17) is 16.3 Å². The minimum atomic E-state index is -0.570. The molecule has 0 aliphatic heterocycles. The van der Waals surface area contributed by atoms with Crippen LogP contribution in [0.5, 0.6) is 5.75 Å². The Morgan fingerprint density at radius 3 is 2.90 bits per heavy atom. The number of amides is 1. The fourth-order valence-corrected chi connectivity index (χ4v) is 2.10. The Balaban J connectivity index is 1.84. The number of hydrogen-bond acceptors (Lipinski definition) is 3. The molecule has 2 N–H and O–H groups in total. The van der Waals surface area contributed by atoms with E-state index in [0.29, 0.717) is 6.04 Å². The highest BCUT2D eigenvalue weighted by atomic mass is 35.5. The topological polar surface area (TPSA) is 50.4 Å². The molecule has 2 rings (SSSR count). The molecule has 0 radical (unpaired) electrons. The summed E-state index contributed by atoms with van der Waals surface area (Å²) >= 11 is 5.56. The molecule has 1 amide bonds. The molecule has 4 nitrogen and oxygen atoms in total. The third kappa shape index (κ3) is 3.29. The third-order valence-electron chi connectivity index (χ3n) is 3.31. The number of likely N-dealkylation sites (N-methyl/N-ethyl adjacent to an activating group) is 1. The van der Waals surface area contributed by atoms with Crippen molar-refractivity contribution in [3.63, 3.8) is 0 Å². The standard InChI is InChI=1S/C14H16ClFN2O2/c1-8-12(17-2)6-13(8)18-14(19)7-20-9-3-4-10(15)11(16)5-9/h3-5,12,17H,6-7H2,1-2H3,(H,18,19). The molecule has 0 saturated carbocycles. The average molecular weight is 299 g/mol. The first-order chi connectivity index (χ1) is 9.51. The van der Waals surface area contributed by atoms with Gasteiger partial charge in [-0.1, -0.05) is 11.6 Å². The molecule has 0 saturated heterocycles. The molecular formula is C14H16ClFN2O2. The van der Waals surface area contributed by atoms with Crippen molar-refractivity contribution in [2.75, 3.05) is 13.7 Å². The van der Waals surface area contributed by atoms with E-state index >= 15 is 0 Å². The molecule has 1 unspecified atom stereocenters. The molecule has 6 heteroatoms. The molecule has 0 aromatic heterocycles. The molecule has 1 aromatic rings. The Hall–Kier alpha value is -1.59. The van der Waals surface area contributed by atoms with Crippen molar-refractivity contribution in [2.24, 2.45) is 0 Å². The minimum Gasteiger partial charge on any atom is -0.484 e. The lowest BCUT2D eigenvalue weighted by molar-refractivity contribution is -0.122. The van der Waals surface area contributed by atoms with Crippen LogP contribution in [0.3, 0.4) is 0 Å². The van der Waals surface area contributed by atoms with Gasteiger partial charge in [0.1, 0.15) is 11.6 Å². The normalized spacial score (nSPS) is 17.7. The van der Waals surface area contributed by atoms with Gasteiger partial charge in [-0.2, -0.15) is 0 Å². The van der Waals surface area contributed by atoms with Crippen LogP contribution in [0, 0.1) is 5.82 Å². The average Bonchev–Trinajstić information content (AvgIpc) is 2.43. The molecule has 108 valence electrons. The molecule has 0 fully saturated rings. The smallest absolute Gasteiger partial charge is 0.262 e. The molecule has 1 aliphatic rings. The van der Waals surface area contributed by atoms with Gasteiger partial charge in [-0.3, -0.25) is 4.79 Å². The van der Waals surface area contributed by atoms with E-state index in [1.54, 1.807) is 0 Å². The third-order valence-corrected chi connectivity index (χ3v) is 3.61. The van der Waals surface area contributed by atoms with Crippen molar-refractivity contribution in [3.05, 3.63) is 40.3 Å². The van der Waals surface area contributed by atoms with Gasteiger partial charge in [0.15, 0.2) is 6.61 Å². The predicted molar refractivity (Wildman–Crippen MR) is 75.2 cm³/mol. The van der Waals surface area contributed by atoms with Crippen molar-refractivity contribution in [1.82, 2.24) is 10.6 Å². The van der Waals surface area contributed by atoms with E-state index in [1.807, 2.05) is 14.0 Å². The molecule has 1 aromatic carbocycles. The zero-order valence-electron chi connectivity index (χ0n) is 11.3. The fourth-order valence-electron chi connectivity index (χ4n) is 1.99. The van der Waals surface area contributed by atoms with Gasteiger partial charge in [0.25, 0.3) is 5.91 Å². The summed E-state index contributed by atoms with van der Waals surface area (Å²) in [6.07, 6.45) is 0.795. The lowest BCUT2D eigenvalue weighted by atomic mass is 9.89. The van der Waals surface area contributed by atoms with E-state index in [1.165, 1.54) is 12.1 Å². The Morgan fingerprint density at radius 2 is 2.30 bits per heavy atom. The number of benzene rings is 1. The second-order valence-electron chi connectivity index (χ2n) is 4.62. The largest absolute Gasteiger partial charge is 0.484 e. The number of carbonyl (C=O) groups is 1. The summed E-state index contributed by atoms with van der Waals surface area (Å²) in [4.78, 5) is 11.7. The number of ether oxygens (including phenoxy) is 1. The van der Waals surface area contributed by atoms with E-state index in [-0.39, 0.29) is 23.3 Å². The van der Waals surface area contributed by atoms with Gasteiger partial charge in [-0.25, -0.2) is 4.39 Å². The summed E-state index contributed by atoms with van der Waals surface area (Å²) in [6.45, 7) is 1.80. The summed E-state index contributed by atoms with van der Waals surface area (Å²) in [5.41, 5.74) is 2.04. The molecule has 1 atom stereocenters. The molecule has 0 spiro atoms. The van der Waals surface area contributed by atoms with Crippen LogP contribution in [0.15, 0.2) is 29.5 Å². The number of hydrogen-bond donors (Lipinski definition) is 2. The van der Waals surface area contributed by atoms with Gasteiger partial charge in [-0.05, 0) is 31.7 Å². The van der Waals surface area contributed by atoms with Gasteiger partial charge in [0.05, 0.1) is 5.02 Å².